The van der Waals surface area contributed by atoms with E-state index in [1.54, 1.807) is 30.9 Å². The standard InChI is InChI=1S/C22H23NO3S/c1-4-23(20-12-9-17-7-5-6-8-19(17)15-20)22(24)18-10-13-21(14-11-18)27(25,26)16(2)3/h5-16H,4H2,1-3H3. The summed E-state index contributed by atoms with van der Waals surface area (Å²) in [4.78, 5) is 14.9. The van der Waals surface area contributed by atoms with Crippen molar-refractivity contribution in [1.29, 1.82) is 0 Å². The third-order valence-corrected chi connectivity index (χ3v) is 6.83. The number of rotatable bonds is 5. The Morgan fingerprint density at radius 3 is 2.15 bits per heavy atom. The van der Waals surface area contributed by atoms with Crippen molar-refractivity contribution < 1.29 is 13.2 Å². The summed E-state index contributed by atoms with van der Waals surface area (Å²) in [5.74, 6) is -0.152. The Morgan fingerprint density at radius 1 is 0.926 bits per heavy atom. The summed E-state index contributed by atoms with van der Waals surface area (Å²) in [6, 6.07) is 20.1. The van der Waals surface area contributed by atoms with Gasteiger partial charge in [-0.3, -0.25) is 4.79 Å². The van der Waals surface area contributed by atoms with Gasteiger partial charge in [0.15, 0.2) is 9.84 Å². The fraction of sp³-hybridized carbons (Fsp3) is 0.227. The number of amides is 1. The molecule has 0 fully saturated rings. The van der Waals surface area contributed by atoms with Crippen LogP contribution in [-0.4, -0.2) is 26.1 Å². The zero-order valence-corrected chi connectivity index (χ0v) is 16.5. The number of hydrogen-bond donors (Lipinski definition) is 0. The first-order chi connectivity index (χ1) is 12.8. The molecule has 0 aliphatic heterocycles. The van der Waals surface area contributed by atoms with E-state index in [2.05, 4.69) is 0 Å². The lowest BCUT2D eigenvalue weighted by molar-refractivity contribution is 0.0988. The molecule has 3 rings (SSSR count). The van der Waals surface area contributed by atoms with Crippen LogP contribution < -0.4 is 4.90 Å². The van der Waals surface area contributed by atoms with Gasteiger partial charge in [0.05, 0.1) is 10.1 Å². The molecule has 5 heteroatoms. The minimum atomic E-state index is -3.35. The minimum absolute atomic E-state index is 0.152. The number of sulfone groups is 1. The van der Waals surface area contributed by atoms with Crippen molar-refractivity contribution in [2.45, 2.75) is 30.9 Å². The molecule has 0 spiro atoms. The molecule has 0 aliphatic rings. The molecule has 3 aromatic rings. The van der Waals surface area contributed by atoms with Crippen molar-refractivity contribution in [2.75, 3.05) is 11.4 Å². The lowest BCUT2D eigenvalue weighted by Crippen LogP contribution is -2.30. The summed E-state index contributed by atoms with van der Waals surface area (Å²) >= 11 is 0. The SMILES string of the molecule is CCN(C(=O)c1ccc(S(=O)(=O)C(C)C)cc1)c1ccc2ccccc2c1. The van der Waals surface area contributed by atoms with Crippen molar-refractivity contribution in [3.63, 3.8) is 0 Å². The monoisotopic (exact) mass is 381 g/mol. The molecular weight excluding hydrogens is 358 g/mol. The van der Waals surface area contributed by atoms with Crippen LogP contribution in [0.3, 0.4) is 0 Å². The molecule has 1 amide bonds. The first-order valence-corrected chi connectivity index (χ1v) is 10.5. The first kappa shape index (κ1) is 19.1. The van der Waals surface area contributed by atoms with E-state index in [0.29, 0.717) is 12.1 Å². The molecule has 0 bridgehead atoms. The van der Waals surface area contributed by atoms with Crippen molar-refractivity contribution in [1.82, 2.24) is 0 Å². The molecule has 0 aromatic heterocycles. The molecule has 3 aromatic carbocycles. The normalized spacial score (nSPS) is 11.7. The molecule has 0 saturated heterocycles. The number of hydrogen-bond acceptors (Lipinski definition) is 3. The highest BCUT2D eigenvalue weighted by Crippen LogP contribution is 2.24. The molecule has 0 atom stereocenters. The maximum absolute atomic E-state index is 13.0. The third-order valence-electron chi connectivity index (χ3n) is 4.66. The lowest BCUT2D eigenvalue weighted by atomic mass is 10.1. The van der Waals surface area contributed by atoms with Gasteiger partial charge in [0.1, 0.15) is 0 Å². The van der Waals surface area contributed by atoms with Gasteiger partial charge in [-0.1, -0.05) is 30.3 Å². The van der Waals surface area contributed by atoms with Gasteiger partial charge in [-0.2, -0.15) is 0 Å². The molecule has 0 heterocycles. The van der Waals surface area contributed by atoms with Gasteiger partial charge in [0, 0.05) is 17.8 Å². The number of carbonyl (C=O) groups excluding carboxylic acids is 1. The Balaban J connectivity index is 1.92. The topological polar surface area (TPSA) is 54.5 Å². The van der Waals surface area contributed by atoms with Crippen LogP contribution in [0.1, 0.15) is 31.1 Å². The van der Waals surface area contributed by atoms with Gasteiger partial charge in [0.25, 0.3) is 5.91 Å². The van der Waals surface area contributed by atoms with E-state index in [4.69, 9.17) is 0 Å². The second-order valence-corrected chi connectivity index (χ2v) is 9.20. The van der Waals surface area contributed by atoms with Crippen molar-refractivity contribution in [2.24, 2.45) is 0 Å². The second kappa shape index (κ2) is 7.53. The molecule has 140 valence electrons. The van der Waals surface area contributed by atoms with Crippen LogP contribution in [-0.2, 0) is 9.84 Å². The molecule has 27 heavy (non-hydrogen) atoms. The second-order valence-electron chi connectivity index (χ2n) is 6.70. The van der Waals surface area contributed by atoms with Crippen LogP contribution in [0, 0.1) is 0 Å². The van der Waals surface area contributed by atoms with E-state index in [9.17, 15) is 13.2 Å². The zero-order valence-electron chi connectivity index (χ0n) is 15.7. The Hall–Kier alpha value is -2.66. The fourth-order valence-electron chi connectivity index (χ4n) is 3.00. The van der Waals surface area contributed by atoms with Gasteiger partial charge in [-0.15, -0.1) is 0 Å². The summed E-state index contributed by atoms with van der Waals surface area (Å²) in [5, 5.41) is 1.69. The first-order valence-electron chi connectivity index (χ1n) is 8.99. The smallest absolute Gasteiger partial charge is 0.258 e. The summed E-state index contributed by atoms with van der Waals surface area (Å²) in [5.41, 5.74) is 1.28. The third kappa shape index (κ3) is 3.74. The zero-order chi connectivity index (χ0) is 19.6. The van der Waals surface area contributed by atoms with Crippen molar-refractivity contribution in [3.05, 3.63) is 72.3 Å². The fourth-order valence-corrected chi connectivity index (χ4v) is 4.06. The van der Waals surface area contributed by atoms with E-state index >= 15 is 0 Å². The van der Waals surface area contributed by atoms with Gasteiger partial charge in [0.2, 0.25) is 0 Å². The molecule has 4 nitrogen and oxygen atoms in total. The van der Waals surface area contributed by atoms with Gasteiger partial charge >= 0.3 is 0 Å². The van der Waals surface area contributed by atoms with Gasteiger partial charge < -0.3 is 4.90 Å². The highest BCUT2D eigenvalue weighted by molar-refractivity contribution is 7.92. The van der Waals surface area contributed by atoms with Crippen LogP contribution in [0.5, 0.6) is 0 Å². The van der Waals surface area contributed by atoms with E-state index in [1.807, 2.05) is 49.4 Å². The summed E-state index contributed by atoms with van der Waals surface area (Å²) in [6.45, 7) is 5.73. The van der Waals surface area contributed by atoms with E-state index in [-0.39, 0.29) is 10.8 Å². The van der Waals surface area contributed by atoms with Crippen molar-refractivity contribution in [3.8, 4) is 0 Å². The Kier molecular flexibility index (Phi) is 5.33. The van der Waals surface area contributed by atoms with Crippen LogP contribution in [0.2, 0.25) is 0 Å². The highest BCUT2D eigenvalue weighted by Gasteiger charge is 2.21. The highest BCUT2D eigenvalue weighted by atomic mass is 32.2. The van der Waals surface area contributed by atoms with E-state index in [1.165, 1.54) is 12.1 Å². The number of fused-ring (bicyclic) bond motifs is 1. The van der Waals surface area contributed by atoms with Crippen LogP contribution in [0.25, 0.3) is 10.8 Å². The van der Waals surface area contributed by atoms with Crippen LogP contribution >= 0.6 is 0 Å². The van der Waals surface area contributed by atoms with E-state index < -0.39 is 15.1 Å². The minimum Gasteiger partial charge on any atom is -0.309 e. The van der Waals surface area contributed by atoms with Crippen molar-refractivity contribution >= 4 is 32.2 Å². The molecule has 0 N–H and O–H groups in total. The van der Waals surface area contributed by atoms with Gasteiger partial charge in [-0.25, -0.2) is 8.42 Å². The quantitative estimate of drug-likeness (QED) is 0.644. The predicted molar refractivity (Wildman–Crippen MR) is 110 cm³/mol. The number of anilines is 1. The van der Waals surface area contributed by atoms with Crippen LogP contribution in [0.15, 0.2) is 71.6 Å². The maximum Gasteiger partial charge on any atom is 0.258 e. The molecule has 0 aliphatic carbocycles. The Morgan fingerprint density at radius 2 is 1.56 bits per heavy atom. The maximum atomic E-state index is 13.0. The number of nitrogens with zero attached hydrogens (tertiary/aromatic N) is 1. The van der Waals surface area contributed by atoms with Gasteiger partial charge in [-0.05, 0) is 67.9 Å². The number of benzene rings is 3. The average Bonchev–Trinajstić information content (AvgIpc) is 2.68. The Labute approximate surface area is 160 Å². The Bertz CT molecular complexity index is 1070. The summed E-state index contributed by atoms with van der Waals surface area (Å²) in [6.07, 6.45) is 0. The summed E-state index contributed by atoms with van der Waals surface area (Å²) in [7, 11) is -3.35. The largest absolute Gasteiger partial charge is 0.309 e. The average molecular weight is 381 g/mol. The number of carbonyl (C=O) groups is 1. The molecule has 0 unspecified atom stereocenters. The molecule has 0 radical (unpaired) electrons. The predicted octanol–water partition coefficient (Wildman–Crippen LogP) is 4.69. The lowest BCUT2D eigenvalue weighted by Gasteiger charge is -2.22. The van der Waals surface area contributed by atoms with E-state index in [0.717, 1.165) is 16.5 Å². The molecule has 0 saturated carbocycles. The molecular formula is C22H23NO3S. The summed E-state index contributed by atoms with van der Waals surface area (Å²) < 4.78 is 24.5. The van der Waals surface area contributed by atoms with Crippen LogP contribution in [0.4, 0.5) is 5.69 Å².